The minimum Gasteiger partial charge on any atom is -0.341 e. The highest BCUT2D eigenvalue weighted by Gasteiger charge is 2.21. The zero-order valence-electron chi connectivity index (χ0n) is 11.1. The van der Waals surface area contributed by atoms with Crippen LogP contribution in [0, 0.1) is 0 Å². The van der Waals surface area contributed by atoms with Gasteiger partial charge in [0.1, 0.15) is 0 Å². The van der Waals surface area contributed by atoms with Crippen LogP contribution in [0.25, 0.3) is 0 Å². The summed E-state index contributed by atoms with van der Waals surface area (Å²) in [5.41, 5.74) is 0. The molecule has 0 bridgehead atoms. The summed E-state index contributed by atoms with van der Waals surface area (Å²) in [7, 11) is 0. The molecule has 0 aromatic rings. The Morgan fingerprint density at radius 3 is 2.65 bits per heavy atom. The van der Waals surface area contributed by atoms with E-state index in [9.17, 15) is 4.79 Å². The van der Waals surface area contributed by atoms with E-state index in [2.05, 4.69) is 6.92 Å². The number of piperidine rings is 1. The average molecular weight is 260 g/mol. The fourth-order valence-corrected chi connectivity index (χ4v) is 2.69. The van der Waals surface area contributed by atoms with Crippen molar-refractivity contribution in [3.63, 3.8) is 0 Å². The van der Waals surface area contributed by atoms with E-state index in [4.69, 9.17) is 11.6 Å². The zero-order chi connectivity index (χ0) is 12.5. The van der Waals surface area contributed by atoms with Crippen molar-refractivity contribution in [3.8, 4) is 0 Å². The number of hydrogen-bond donors (Lipinski definition) is 0. The summed E-state index contributed by atoms with van der Waals surface area (Å²) >= 11 is 6.08. The standard InChI is InChI=1S/C14H26ClNO/c1-2-3-4-5-6-7-10-14(17)16-11-8-9-13(15)12-16/h13H,2-12H2,1H3. The molecule has 1 atom stereocenters. The zero-order valence-corrected chi connectivity index (χ0v) is 11.8. The molecule has 3 heteroatoms. The Bertz CT molecular complexity index is 220. The molecule has 1 aliphatic heterocycles. The van der Waals surface area contributed by atoms with E-state index in [1.54, 1.807) is 0 Å². The molecular weight excluding hydrogens is 234 g/mol. The molecule has 100 valence electrons. The summed E-state index contributed by atoms with van der Waals surface area (Å²) < 4.78 is 0. The molecule has 0 aromatic heterocycles. The lowest BCUT2D eigenvalue weighted by Gasteiger charge is -2.29. The highest BCUT2D eigenvalue weighted by atomic mass is 35.5. The Kier molecular flexibility index (Phi) is 7.67. The Hall–Kier alpha value is -0.240. The number of amides is 1. The molecule has 0 saturated carbocycles. The predicted molar refractivity (Wildman–Crippen MR) is 73.4 cm³/mol. The first-order chi connectivity index (χ1) is 8.24. The van der Waals surface area contributed by atoms with Crippen molar-refractivity contribution in [3.05, 3.63) is 0 Å². The second-order valence-electron chi connectivity index (χ2n) is 5.10. The third kappa shape index (κ3) is 6.30. The Balaban J connectivity index is 2.04. The largest absolute Gasteiger partial charge is 0.341 e. The van der Waals surface area contributed by atoms with Crippen molar-refractivity contribution in [2.24, 2.45) is 0 Å². The smallest absolute Gasteiger partial charge is 0.222 e. The minimum absolute atomic E-state index is 0.178. The van der Waals surface area contributed by atoms with Crippen LogP contribution in [0.4, 0.5) is 0 Å². The van der Waals surface area contributed by atoms with E-state index in [1.807, 2.05) is 4.90 Å². The van der Waals surface area contributed by atoms with Crippen LogP contribution < -0.4 is 0 Å². The number of unbranched alkanes of at least 4 members (excludes halogenated alkanes) is 5. The van der Waals surface area contributed by atoms with E-state index in [0.29, 0.717) is 5.91 Å². The Labute approximate surface area is 111 Å². The van der Waals surface area contributed by atoms with Crippen LogP contribution >= 0.6 is 11.6 Å². The first-order valence-electron chi connectivity index (χ1n) is 7.16. The first kappa shape index (κ1) is 14.8. The third-order valence-electron chi connectivity index (χ3n) is 3.46. The normalized spacial score (nSPS) is 20.6. The van der Waals surface area contributed by atoms with Gasteiger partial charge in [0.15, 0.2) is 0 Å². The number of hydrogen-bond acceptors (Lipinski definition) is 1. The maximum absolute atomic E-state index is 11.9. The van der Waals surface area contributed by atoms with E-state index >= 15 is 0 Å². The van der Waals surface area contributed by atoms with Gasteiger partial charge in [0.2, 0.25) is 5.91 Å². The minimum atomic E-state index is 0.178. The van der Waals surface area contributed by atoms with Crippen molar-refractivity contribution in [1.29, 1.82) is 0 Å². The Morgan fingerprint density at radius 2 is 1.94 bits per heavy atom. The molecule has 17 heavy (non-hydrogen) atoms. The van der Waals surface area contributed by atoms with Gasteiger partial charge in [-0.05, 0) is 19.3 Å². The van der Waals surface area contributed by atoms with Crippen molar-refractivity contribution in [1.82, 2.24) is 4.90 Å². The molecule has 0 spiro atoms. The summed E-state index contributed by atoms with van der Waals surface area (Å²) in [6, 6.07) is 0. The fraction of sp³-hybridized carbons (Fsp3) is 0.929. The molecule has 0 aliphatic carbocycles. The van der Waals surface area contributed by atoms with Crippen molar-refractivity contribution in [2.45, 2.75) is 70.1 Å². The van der Waals surface area contributed by atoms with Crippen molar-refractivity contribution < 1.29 is 4.79 Å². The van der Waals surface area contributed by atoms with E-state index in [1.165, 1.54) is 32.1 Å². The number of halogens is 1. The molecule has 1 heterocycles. The van der Waals surface area contributed by atoms with Gasteiger partial charge in [-0.3, -0.25) is 4.79 Å². The molecule has 0 aromatic carbocycles. The summed E-state index contributed by atoms with van der Waals surface area (Å²) in [5, 5.41) is 0.178. The molecule has 1 unspecified atom stereocenters. The van der Waals surface area contributed by atoms with Gasteiger partial charge >= 0.3 is 0 Å². The molecule has 1 saturated heterocycles. The second-order valence-corrected chi connectivity index (χ2v) is 5.71. The fourth-order valence-electron chi connectivity index (χ4n) is 2.37. The van der Waals surface area contributed by atoms with E-state index in [-0.39, 0.29) is 5.38 Å². The third-order valence-corrected chi connectivity index (χ3v) is 3.82. The number of rotatable bonds is 7. The molecule has 2 nitrogen and oxygen atoms in total. The monoisotopic (exact) mass is 259 g/mol. The van der Waals surface area contributed by atoms with Crippen LogP contribution in [-0.4, -0.2) is 29.3 Å². The van der Waals surface area contributed by atoms with Crippen molar-refractivity contribution >= 4 is 17.5 Å². The second kappa shape index (κ2) is 8.79. The van der Waals surface area contributed by atoms with Gasteiger partial charge in [-0.25, -0.2) is 0 Å². The van der Waals surface area contributed by atoms with Gasteiger partial charge < -0.3 is 4.90 Å². The maximum atomic E-state index is 11.9. The summed E-state index contributed by atoms with van der Waals surface area (Å²) in [6.07, 6.45) is 10.3. The summed E-state index contributed by atoms with van der Waals surface area (Å²) in [6.45, 7) is 3.90. The van der Waals surface area contributed by atoms with Crippen LogP contribution in [0.1, 0.15) is 64.7 Å². The van der Waals surface area contributed by atoms with E-state index in [0.717, 1.165) is 38.8 Å². The van der Waals surface area contributed by atoms with Gasteiger partial charge in [-0.1, -0.05) is 39.0 Å². The number of carbonyl (C=O) groups is 1. The lowest BCUT2D eigenvalue weighted by atomic mass is 10.1. The van der Waals surface area contributed by atoms with Crippen molar-refractivity contribution in [2.75, 3.05) is 13.1 Å². The molecular formula is C14H26ClNO. The molecule has 0 N–H and O–H groups in total. The molecule has 1 rings (SSSR count). The van der Waals surface area contributed by atoms with Crippen LogP contribution in [0.5, 0.6) is 0 Å². The highest BCUT2D eigenvalue weighted by molar-refractivity contribution is 6.20. The number of likely N-dealkylation sites (tertiary alicyclic amines) is 1. The maximum Gasteiger partial charge on any atom is 0.222 e. The number of alkyl halides is 1. The van der Waals surface area contributed by atoms with E-state index < -0.39 is 0 Å². The topological polar surface area (TPSA) is 20.3 Å². The molecule has 1 aliphatic rings. The van der Waals surface area contributed by atoms with Gasteiger partial charge in [0.25, 0.3) is 0 Å². The lowest BCUT2D eigenvalue weighted by Crippen LogP contribution is -2.40. The quantitative estimate of drug-likeness (QED) is 0.501. The number of nitrogens with zero attached hydrogens (tertiary/aromatic N) is 1. The predicted octanol–water partition coefficient (Wildman–Crippen LogP) is 3.97. The molecule has 1 fully saturated rings. The van der Waals surface area contributed by atoms with Crippen LogP contribution in [-0.2, 0) is 4.79 Å². The lowest BCUT2D eigenvalue weighted by molar-refractivity contribution is -0.132. The van der Waals surface area contributed by atoms with Gasteiger partial charge in [-0.15, -0.1) is 11.6 Å². The summed E-state index contributed by atoms with van der Waals surface area (Å²) in [4.78, 5) is 13.9. The summed E-state index contributed by atoms with van der Waals surface area (Å²) in [5.74, 6) is 0.311. The van der Waals surface area contributed by atoms with Crippen LogP contribution in [0.15, 0.2) is 0 Å². The van der Waals surface area contributed by atoms with Crippen LogP contribution in [0.2, 0.25) is 0 Å². The highest BCUT2D eigenvalue weighted by Crippen LogP contribution is 2.16. The molecule has 1 amide bonds. The number of carbonyl (C=O) groups excluding carboxylic acids is 1. The first-order valence-corrected chi connectivity index (χ1v) is 7.59. The Morgan fingerprint density at radius 1 is 1.24 bits per heavy atom. The van der Waals surface area contributed by atoms with Gasteiger partial charge in [0, 0.05) is 19.5 Å². The molecule has 0 radical (unpaired) electrons. The average Bonchev–Trinajstić information content (AvgIpc) is 2.33. The van der Waals surface area contributed by atoms with Gasteiger partial charge in [0.05, 0.1) is 5.38 Å². The van der Waals surface area contributed by atoms with Crippen LogP contribution in [0.3, 0.4) is 0 Å². The SMILES string of the molecule is CCCCCCCCC(=O)N1CCCC(Cl)C1. The van der Waals surface area contributed by atoms with Gasteiger partial charge in [-0.2, -0.15) is 0 Å².